The van der Waals surface area contributed by atoms with E-state index in [0.29, 0.717) is 18.7 Å². The summed E-state index contributed by atoms with van der Waals surface area (Å²) in [5.41, 5.74) is 2.11. The Labute approximate surface area is 179 Å². The van der Waals surface area contributed by atoms with E-state index >= 15 is 0 Å². The molecular formula is C24H33N3O3. The lowest BCUT2D eigenvalue weighted by Crippen LogP contribution is -2.24. The van der Waals surface area contributed by atoms with Crippen molar-refractivity contribution < 1.29 is 14.3 Å². The highest BCUT2D eigenvalue weighted by Gasteiger charge is 2.06. The summed E-state index contributed by atoms with van der Waals surface area (Å²) in [6, 6.07) is 14.5. The Hall–Kier alpha value is -3.02. The smallest absolute Gasteiger partial charge is 0.251 e. The van der Waals surface area contributed by atoms with Crippen LogP contribution in [-0.2, 0) is 4.79 Å². The van der Waals surface area contributed by atoms with Gasteiger partial charge in [0.15, 0.2) is 0 Å². The van der Waals surface area contributed by atoms with E-state index in [4.69, 9.17) is 4.74 Å². The summed E-state index contributed by atoms with van der Waals surface area (Å²) >= 11 is 0. The van der Waals surface area contributed by atoms with Crippen LogP contribution in [0.25, 0.3) is 0 Å². The molecule has 0 spiro atoms. The molecule has 0 aromatic heterocycles. The molecule has 2 aromatic carbocycles. The van der Waals surface area contributed by atoms with E-state index < -0.39 is 0 Å². The summed E-state index contributed by atoms with van der Waals surface area (Å²) in [5.74, 6) is 0.577. The number of ether oxygens (including phenoxy) is 1. The molecule has 2 aromatic rings. The maximum absolute atomic E-state index is 12.2. The molecule has 162 valence electrons. The molecule has 30 heavy (non-hydrogen) atoms. The van der Waals surface area contributed by atoms with Gasteiger partial charge in [0, 0.05) is 23.5 Å². The van der Waals surface area contributed by atoms with Crippen molar-refractivity contribution in [3.63, 3.8) is 0 Å². The fourth-order valence-corrected chi connectivity index (χ4v) is 2.82. The Morgan fingerprint density at radius 2 is 1.53 bits per heavy atom. The molecule has 0 aliphatic rings. The number of rotatable bonds is 13. The van der Waals surface area contributed by atoms with Crippen molar-refractivity contribution >= 4 is 23.2 Å². The van der Waals surface area contributed by atoms with Crippen molar-refractivity contribution in [1.29, 1.82) is 0 Å². The average Bonchev–Trinajstić information content (AvgIpc) is 2.77. The van der Waals surface area contributed by atoms with Crippen LogP contribution < -0.4 is 20.7 Å². The van der Waals surface area contributed by atoms with Crippen LogP contribution in [0.3, 0.4) is 0 Å². The van der Waals surface area contributed by atoms with E-state index in [1.165, 1.54) is 19.3 Å². The quantitative estimate of drug-likeness (QED) is 0.412. The number of carbonyl (C=O) groups is 2. The average molecular weight is 412 g/mol. The predicted molar refractivity (Wildman–Crippen MR) is 122 cm³/mol. The molecule has 0 aliphatic heterocycles. The minimum atomic E-state index is -0.145. The predicted octanol–water partition coefficient (Wildman–Crippen LogP) is 4.84. The number of nitrogens with one attached hydrogen (secondary N) is 3. The summed E-state index contributed by atoms with van der Waals surface area (Å²) in [7, 11) is 0. The van der Waals surface area contributed by atoms with Gasteiger partial charge in [0.05, 0.1) is 13.2 Å². The zero-order valence-electron chi connectivity index (χ0n) is 18.0. The molecule has 3 N–H and O–H groups in total. The van der Waals surface area contributed by atoms with E-state index in [-0.39, 0.29) is 18.4 Å². The maximum atomic E-state index is 12.2. The van der Waals surface area contributed by atoms with Crippen molar-refractivity contribution in [2.24, 2.45) is 0 Å². The first-order valence-corrected chi connectivity index (χ1v) is 10.8. The fourth-order valence-electron chi connectivity index (χ4n) is 2.82. The van der Waals surface area contributed by atoms with Crippen LogP contribution in [0, 0.1) is 0 Å². The fraction of sp³-hybridized carbons (Fsp3) is 0.417. The summed E-state index contributed by atoms with van der Waals surface area (Å²) in [4.78, 5) is 24.1. The van der Waals surface area contributed by atoms with Crippen molar-refractivity contribution in [3.05, 3.63) is 54.1 Å². The Kier molecular flexibility index (Phi) is 10.3. The van der Waals surface area contributed by atoms with Gasteiger partial charge in [-0.1, -0.05) is 33.1 Å². The van der Waals surface area contributed by atoms with Crippen molar-refractivity contribution in [1.82, 2.24) is 5.32 Å². The Morgan fingerprint density at radius 1 is 0.833 bits per heavy atom. The molecule has 2 rings (SSSR count). The van der Waals surface area contributed by atoms with Crippen LogP contribution in [0.15, 0.2) is 48.5 Å². The minimum Gasteiger partial charge on any atom is -0.494 e. The molecule has 0 saturated heterocycles. The van der Waals surface area contributed by atoms with Gasteiger partial charge in [0.2, 0.25) is 5.91 Å². The molecule has 0 bridgehead atoms. The van der Waals surface area contributed by atoms with E-state index in [0.717, 1.165) is 30.0 Å². The standard InChI is InChI=1S/C24H33N3O3/c1-3-5-6-7-17-30-22-14-12-21(13-15-22)27-23(28)18-26-20-10-8-19(9-11-20)24(29)25-16-4-2/h8-15,26H,3-7,16-18H2,1-2H3,(H,25,29)(H,27,28). The molecule has 0 unspecified atom stereocenters. The number of benzene rings is 2. The van der Waals surface area contributed by atoms with Gasteiger partial charge in [-0.2, -0.15) is 0 Å². The third-order valence-electron chi connectivity index (χ3n) is 4.54. The summed E-state index contributed by atoms with van der Waals surface area (Å²) in [5, 5.41) is 8.75. The lowest BCUT2D eigenvalue weighted by Gasteiger charge is -2.10. The topological polar surface area (TPSA) is 79.5 Å². The molecule has 0 saturated carbocycles. The Morgan fingerprint density at radius 3 is 2.20 bits per heavy atom. The molecule has 0 atom stereocenters. The second-order valence-electron chi connectivity index (χ2n) is 7.17. The van der Waals surface area contributed by atoms with E-state index in [1.54, 1.807) is 24.3 Å². The molecule has 2 amide bonds. The highest BCUT2D eigenvalue weighted by molar-refractivity contribution is 5.95. The summed E-state index contributed by atoms with van der Waals surface area (Å²) in [6.07, 6.45) is 5.59. The number of amides is 2. The highest BCUT2D eigenvalue weighted by Crippen LogP contribution is 2.16. The van der Waals surface area contributed by atoms with E-state index in [2.05, 4.69) is 22.9 Å². The number of unbranched alkanes of at least 4 members (excludes halogenated alkanes) is 3. The van der Waals surface area contributed by atoms with Crippen LogP contribution >= 0.6 is 0 Å². The second kappa shape index (κ2) is 13.2. The number of hydrogen-bond acceptors (Lipinski definition) is 4. The van der Waals surface area contributed by atoms with Crippen LogP contribution in [0.2, 0.25) is 0 Å². The SMILES string of the molecule is CCCCCCOc1ccc(NC(=O)CNc2ccc(C(=O)NCCC)cc2)cc1. The maximum Gasteiger partial charge on any atom is 0.251 e. The minimum absolute atomic E-state index is 0.0884. The number of anilines is 2. The largest absolute Gasteiger partial charge is 0.494 e. The van der Waals surface area contributed by atoms with Crippen molar-refractivity contribution in [2.45, 2.75) is 46.0 Å². The summed E-state index contributed by atoms with van der Waals surface area (Å²) < 4.78 is 5.71. The van der Waals surface area contributed by atoms with Gasteiger partial charge in [-0.25, -0.2) is 0 Å². The van der Waals surface area contributed by atoms with Crippen LogP contribution in [0.4, 0.5) is 11.4 Å². The van der Waals surface area contributed by atoms with Crippen LogP contribution in [-0.4, -0.2) is 31.5 Å². The first-order valence-electron chi connectivity index (χ1n) is 10.8. The molecule has 6 nitrogen and oxygen atoms in total. The van der Waals surface area contributed by atoms with Gasteiger partial charge in [-0.15, -0.1) is 0 Å². The van der Waals surface area contributed by atoms with E-state index in [1.807, 2.05) is 31.2 Å². The zero-order valence-corrected chi connectivity index (χ0v) is 18.0. The number of hydrogen-bond donors (Lipinski definition) is 3. The normalized spacial score (nSPS) is 10.3. The van der Waals surface area contributed by atoms with Crippen LogP contribution in [0.5, 0.6) is 5.75 Å². The molecule has 6 heteroatoms. The molecule has 0 fully saturated rings. The summed E-state index contributed by atoms with van der Waals surface area (Å²) in [6.45, 7) is 5.71. The van der Waals surface area contributed by atoms with Gasteiger partial charge in [0.25, 0.3) is 5.91 Å². The highest BCUT2D eigenvalue weighted by atomic mass is 16.5. The van der Waals surface area contributed by atoms with Crippen molar-refractivity contribution in [2.75, 3.05) is 30.3 Å². The molecule has 0 radical (unpaired) electrons. The van der Waals surface area contributed by atoms with Gasteiger partial charge < -0.3 is 20.7 Å². The zero-order chi connectivity index (χ0) is 21.6. The van der Waals surface area contributed by atoms with Gasteiger partial charge in [-0.3, -0.25) is 9.59 Å². The number of carbonyl (C=O) groups excluding carboxylic acids is 2. The van der Waals surface area contributed by atoms with Gasteiger partial charge in [-0.05, 0) is 61.4 Å². The third-order valence-corrected chi connectivity index (χ3v) is 4.54. The monoisotopic (exact) mass is 411 g/mol. The lowest BCUT2D eigenvalue weighted by molar-refractivity contribution is -0.114. The lowest BCUT2D eigenvalue weighted by atomic mass is 10.2. The van der Waals surface area contributed by atoms with Crippen LogP contribution in [0.1, 0.15) is 56.3 Å². The Balaban J connectivity index is 1.72. The first kappa shape index (κ1) is 23.3. The van der Waals surface area contributed by atoms with E-state index in [9.17, 15) is 9.59 Å². The molecular weight excluding hydrogens is 378 g/mol. The molecule has 0 heterocycles. The Bertz CT molecular complexity index is 773. The third kappa shape index (κ3) is 8.55. The second-order valence-corrected chi connectivity index (χ2v) is 7.17. The first-order chi connectivity index (χ1) is 14.6. The van der Waals surface area contributed by atoms with Crippen molar-refractivity contribution in [3.8, 4) is 5.75 Å². The van der Waals surface area contributed by atoms with Gasteiger partial charge >= 0.3 is 0 Å². The van der Waals surface area contributed by atoms with Gasteiger partial charge in [0.1, 0.15) is 5.75 Å². The molecule has 0 aliphatic carbocycles.